The Morgan fingerprint density at radius 3 is 2.62 bits per heavy atom. The zero-order valence-corrected chi connectivity index (χ0v) is 12.8. The standard InChI is InChI=1S/C15H19NO4S/c1-2-8-21(19,20)9-7-16-11-12(10-15(17)18)13-5-3-4-6-14(13)16/h3-6,11H,2,7-10H2,1H3,(H,17,18). The minimum absolute atomic E-state index is 0.0603. The molecule has 0 atom stereocenters. The zero-order chi connectivity index (χ0) is 15.5. The van der Waals surface area contributed by atoms with Gasteiger partial charge in [0.15, 0.2) is 9.84 Å². The molecule has 1 N–H and O–H groups in total. The molecule has 0 aliphatic carbocycles. The Kier molecular flexibility index (Phi) is 4.67. The molecule has 0 spiro atoms. The number of aryl methyl sites for hydroxylation is 1. The van der Waals surface area contributed by atoms with Crippen molar-refractivity contribution in [2.45, 2.75) is 26.3 Å². The summed E-state index contributed by atoms with van der Waals surface area (Å²) in [6.45, 7) is 2.19. The average molecular weight is 309 g/mol. The Hall–Kier alpha value is -1.82. The molecule has 21 heavy (non-hydrogen) atoms. The molecule has 5 nitrogen and oxygen atoms in total. The third-order valence-corrected chi connectivity index (χ3v) is 5.21. The van der Waals surface area contributed by atoms with Gasteiger partial charge in [-0.05, 0) is 18.1 Å². The van der Waals surface area contributed by atoms with Gasteiger partial charge in [-0.1, -0.05) is 25.1 Å². The van der Waals surface area contributed by atoms with E-state index in [9.17, 15) is 13.2 Å². The number of hydrogen-bond acceptors (Lipinski definition) is 3. The number of carboxylic acid groups (broad SMARTS) is 1. The van der Waals surface area contributed by atoms with Crippen LogP contribution < -0.4 is 0 Å². The number of carbonyl (C=O) groups is 1. The number of aromatic nitrogens is 1. The molecule has 1 aromatic heterocycles. The third-order valence-electron chi connectivity index (χ3n) is 3.37. The third kappa shape index (κ3) is 3.85. The molecule has 0 saturated heterocycles. The van der Waals surface area contributed by atoms with Crippen molar-refractivity contribution in [3.05, 3.63) is 36.0 Å². The van der Waals surface area contributed by atoms with Gasteiger partial charge >= 0.3 is 5.97 Å². The quantitative estimate of drug-likeness (QED) is 0.849. The van der Waals surface area contributed by atoms with Gasteiger partial charge in [-0.25, -0.2) is 8.42 Å². The van der Waals surface area contributed by atoms with Gasteiger partial charge in [0.1, 0.15) is 0 Å². The minimum atomic E-state index is -3.05. The van der Waals surface area contributed by atoms with Crippen molar-refractivity contribution in [3.63, 3.8) is 0 Å². The first-order chi connectivity index (χ1) is 9.93. The lowest BCUT2D eigenvalue weighted by Gasteiger charge is -2.06. The van der Waals surface area contributed by atoms with Gasteiger partial charge in [-0.3, -0.25) is 4.79 Å². The van der Waals surface area contributed by atoms with E-state index in [4.69, 9.17) is 5.11 Å². The molecule has 0 amide bonds. The highest BCUT2D eigenvalue weighted by Crippen LogP contribution is 2.22. The summed E-state index contributed by atoms with van der Waals surface area (Å²) in [6.07, 6.45) is 2.30. The van der Waals surface area contributed by atoms with E-state index in [-0.39, 0.29) is 17.9 Å². The second-order valence-electron chi connectivity index (χ2n) is 5.09. The lowest BCUT2D eigenvalue weighted by molar-refractivity contribution is -0.136. The highest BCUT2D eigenvalue weighted by atomic mass is 32.2. The Morgan fingerprint density at radius 1 is 1.24 bits per heavy atom. The monoisotopic (exact) mass is 309 g/mol. The smallest absolute Gasteiger partial charge is 0.307 e. The lowest BCUT2D eigenvalue weighted by atomic mass is 10.1. The summed E-state index contributed by atoms with van der Waals surface area (Å²) < 4.78 is 25.5. The molecule has 0 fully saturated rings. The first kappa shape index (κ1) is 15.6. The second kappa shape index (κ2) is 6.30. The van der Waals surface area contributed by atoms with Gasteiger partial charge < -0.3 is 9.67 Å². The molecule has 1 aromatic carbocycles. The fourth-order valence-corrected chi connectivity index (χ4v) is 3.76. The number of para-hydroxylation sites is 1. The van der Waals surface area contributed by atoms with E-state index < -0.39 is 15.8 Å². The summed E-state index contributed by atoms with van der Waals surface area (Å²) >= 11 is 0. The van der Waals surface area contributed by atoms with Crippen molar-refractivity contribution in [1.82, 2.24) is 4.57 Å². The molecule has 0 radical (unpaired) electrons. The van der Waals surface area contributed by atoms with Gasteiger partial charge in [-0.2, -0.15) is 0 Å². The summed E-state index contributed by atoms with van der Waals surface area (Å²) in [5.41, 5.74) is 1.59. The maximum atomic E-state index is 11.8. The summed E-state index contributed by atoms with van der Waals surface area (Å²) in [5, 5.41) is 9.83. The average Bonchev–Trinajstić information content (AvgIpc) is 2.75. The largest absolute Gasteiger partial charge is 0.481 e. The van der Waals surface area contributed by atoms with E-state index in [1.807, 2.05) is 35.8 Å². The second-order valence-corrected chi connectivity index (χ2v) is 7.39. The maximum absolute atomic E-state index is 11.8. The fourth-order valence-electron chi connectivity index (χ4n) is 2.46. The first-order valence-electron chi connectivity index (χ1n) is 6.92. The zero-order valence-electron chi connectivity index (χ0n) is 11.9. The number of carboxylic acids is 1. The minimum Gasteiger partial charge on any atom is -0.481 e. The Balaban J connectivity index is 2.30. The molecule has 6 heteroatoms. The number of rotatable bonds is 7. The van der Waals surface area contributed by atoms with Crippen molar-refractivity contribution >= 4 is 26.7 Å². The van der Waals surface area contributed by atoms with Crippen LogP contribution in [0.4, 0.5) is 0 Å². The molecule has 1 heterocycles. The van der Waals surface area contributed by atoms with Crippen LogP contribution in [0.1, 0.15) is 18.9 Å². The van der Waals surface area contributed by atoms with Crippen molar-refractivity contribution in [2.75, 3.05) is 11.5 Å². The van der Waals surface area contributed by atoms with Crippen LogP contribution in [0.2, 0.25) is 0 Å². The molecule has 0 unspecified atom stereocenters. The number of fused-ring (bicyclic) bond motifs is 1. The number of hydrogen-bond donors (Lipinski definition) is 1. The van der Waals surface area contributed by atoms with E-state index in [0.29, 0.717) is 18.5 Å². The fraction of sp³-hybridized carbons (Fsp3) is 0.400. The first-order valence-corrected chi connectivity index (χ1v) is 8.74. The summed E-state index contributed by atoms with van der Waals surface area (Å²) in [6, 6.07) is 7.47. The topological polar surface area (TPSA) is 76.4 Å². The van der Waals surface area contributed by atoms with Gasteiger partial charge in [0.05, 0.1) is 12.2 Å². The predicted molar refractivity (Wildman–Crippen MR) is 82.2 cm³/mol. The van der Waals surface area contributed by atoms with E-state index >= 15 is 0 Å². The van der Waals surface area contributed by atoms with Crippen LogP contribution in [0, 0.1) is 0 Å². The SMILES string of the molecule is CCCS(=O)(=O)CCn1cc(CC(=O)O)c2ccccc21. The van der Waals surface area contributed by atoms with Crippen LogP contribution in [0.25, 0.3) is 10.9 Å². The molecule has 0 aliphatic rings. The van der Waals surface area contributed by atoms with Crippen molar-refractivity contribution < 1.29 is 18.3 Å². The molecule has 2 rings (SSSR count). The number of sulfone groups is 1. The summed E-state index contributed by atoms with van der Waals surface area (Å²) in [7, 11) is -3.05. The van der Waals surface area contributed by atoms with Gasteiger partial charge in [0.2, 0.25) is 0 Å². The van der Waals surface area contributed by atoms with Gasteiger partial charge in [-0.15, -0.1) is 0 Å². The highest BCUT2D eigenvalue weighted by molar-refractivity contribution is 7.91. The summed E-state index contributed by atoms with van der Waals surface area (Å²) in [4.78, 5) is 10.9. The maximum Gasteiger partial charge on any atom is 0.307 e. The summed E-state index contributed by atoms with van der Waals surface area (Å²) in [5.74, 6) is -0.628. The molecule has 2 aromatic rings. The predicted octanol–water partition coefficient (Wildman–Crippen LogP) is 2.09. The molecule has 0 bridgehead atoms. The molecule has 0 aliphatic heterocycles. The number of aliphatic carboxylic acids is 1. The highest BCUT2D eigenvalue weighted by Gasteiger charge is 2.14. The normalized spacial score (nSPS) is 11.9. The van der Waals surface area contributed by atoms with Gasteiger partial charge in [0.25, 0.3) is 0 Å². The van der Waals surface area contributed by atoms with E-state index in [1.54, 1.807) is 6.20 Å². The van der Waals surface area contributed by atoms with Crippen LogP contribution in [0.15, 0.2) is 30.5 Å². The van der Waals surface area contributed by atoms with Crippen molar-refractivity contribution in [2.24, 2.45) is 0 Å². The molecular weight excluding hydrogens is 290 g/mol. The molecular formula is C15H19NO4S. The van der Waals surface area contributed by atoms with Crippen LogP contribution in [-0.2, 0) is 27.6 Å². The van der Waals surface area contributed by atoms with Crippen LogP contribution >= 0.6 is 0 Å². The van der Waals surface area contributed by atoms with Crippen molar-refractivity contribution in [3.8, 4) is 0 Å². The Bertz CT molecular complexity index is 746. The molecule has 114 valence electrons. The van der Waals surface area contributed by atoms with Gasteiger partial charge in [0, 0.05) is 29.4 Å². The Morgan fingerprint density at radius 2 is 1.95 bits per heavy atom. The molecule has 0 saturated carbocycles. The number of nitrogens with zero attached hydrogens (tertiary/aromatic N) is 1. The van der Waals surface area contributed by atoms with E-state index in [1.165, 1.54) is 0 Å². The van der Waals surface area contributed by atoms with Crippen LogP contribution in [0.3, 0.4) is 0 Å². The van der Waals surface area contributed by atoms with Crippen LogP contribution in [-0.4, -0.2) is 35.6 Å². The van der Waals surface area contributed by atoms with E-state index in [2.05, 4.69) is 0 Å². The number of benzene rings is 1. The van der Waals surface area contributed by atoms with E-state index in [0.717, 1.165) is 10.9 Å². The van der Waals surface area contributed by atoms with Crippen molar-refractivity contribution in [1.29, 1.82) is 0 Å². The van der Waals surface area contributed by atoms with Crippen LogP contribution in [0.5, 0.6) is 0 Å². The lowest BCUT2D eigenvalue weighted by Crippen LogP contribution is -2.15. The Labute approximate surface area is 124 Å².